The van der Waals surface area contributed by atoms with Crippen LogP contribution in [0.25, 0.3) is 0 Å². The zero-order valence-electron chi connectivity index (χ0n) is 10.9. The lowest BCUT2D eigenvalue weighted by atomic mass is 10.3. The SMILES string of the molecule is O=C1CC(Cl)CN1c1cccc(Oc2ncc(Br)cn2)c1. The van der Waals surface area contributed by atoms with Crippen LogP contribution in [0.2, 0.25) is 0 Å². The lowest BCUT2D eigenvalue weighted by molar-refractivity contribution is -0.117. The Balaban J connectivity index is 1.80. The summed E-state index contributed by atoms with van der Waals surface area (Å²) in [5, 5.41) is -0.142. The molecule has 0 N–H and O–H groups in total. The molecular weight excluding hydrogens is 358 g/mol. The number of carbonyl (C=O) groups is 1. The van der Waals surface area contributed by atoms with Crippen LogP contribution in [-0.4, -0.2) is 27.8 Å². The third-order valence-corrected chi connectivity index (χ3v) is 3.71. The monoisotopic (exact) mass is 367 g/mol. The van der Waals surface area contributed by atoms with Gasteiger partial charge < -0.3 is 9.64 Å². The smallest absolute Gasteiger partial charge is 0.321 e. The molecule has 5 nitrogen and oxygen atoms in total. The summed E-state index contributed by atoms with van der Waals surface area (Å²) in [5.74, 6) is 0.590. The molecule has 1 atom stereocenters. The normalized spacial score (nSPS) is 18.1. The van der Waals surface area contributed by atoms with Crippen molar-refractivity contribution in [3.63, 3.8) is 0 Å². The first kappa shape index (κ1) is 14.3. The maximum Gasteiger partial charge on any atom is 0.321 e. The first-order chi connectivity index (χ1) is 10.1. The van der Waals surface area contributed by atoms with E-state index in [-0.39, 0.29) is 17.3 Å². The van der Waals surface area contributed by atoms with E-state index in [0.717, 1.165) is 10.2 Å². The van der Waals surface area contributed by atoms with Gasteiger partial charge in [0.2, 0.25) is 5.91 Å². The van der Waals surface area contributed by atoms with Crippen LogP contribution in [0.3, 0.4) is 0 Å². The number of benzene rings is 1. The van der Waals surface area contributed by atoms with E-state index in [2.05, 4.69) is 25.9 Å². The fraction of sp³-hybridized carbons (Fsp3) is 0.214. The lowest BCUT2D eigenvalue weighted by Crippen LogP contribution is -2.24. The molecule has 7 heteroatoms. The topological polar surface area (TPSA) is 55.3 Å². The Labute approximate surface area is 135 Å². The predicted molar refractivity (Wildman–Crippen MR) is 82.9 cm³/mol. The van der Waals surface area contributed by atoms with Gasteiger partial charge in [-0.3, -0.25) is 4.79 Å². The molecule has 1 saturated heterocycles. The van der Waals surface area contributed by atoms with Gasteiger partial charge in [0.1, 0.15) is 5.75 Å². The number of aromatic nitrogens is 2. The van der Waals surface area contributed by atoms with E-state index in [1.165, 1.54) is 0 Å². The molecule has 21 heavy (non-hydrogen) atoms. The average molecular weight is 369 g/mol. The Hall–Kier alpha value is -1.66. The molecule has 1 aromatic carbocycles. The van der Waals surface area contributed by atoms with E-state index >= 15 is 0 Å². The second kappa shape index (κ2) is 5.99. The number of nitrogens with zero attached hydrogens (tertiary/aromatic N) is 3. The number of alkyl halides is 1. The molecule has 108 valence electrons. The van der Waals surface area contributed by atoms with E-state index in [4.69, 9.17) is 16.3 Å². The molecule has 1 aliphatic rings. The molecule has 3 rings (SSSR count). The quantitative estimate of drug-likeness (QED) is 0.779. The first-order valence-corrected chi connectivity index (χ1v) is 7.54. The molecule has 0 bridgehead atoms. The summed E-state index contributed by atoms with van der Waals surface area (Å²) in [6.07, 6.45) is 3.57. The van der Waals surface area contributed by atoms with Gasteiger partial charge in [0.05, 0.1) is 9.85 Å². The average Bonchev–Trinajstić information content (AvgIpc) is 2.81. The van der Waals surface area contributed by atoms with Crippen molar-refractivity contribution in [2.24, 2.45) is 0 Å². The molecule has 0 spiro atoms. The Morgan fingerprint density at radius 2 is 2.10 bits per heavy atom. The molecule has 1 aliphatic heterocycles. The van der Waals surface area contributed by atoms with Crippen molar-refractivity contribution in [1.29, 1.82) is 0 Å². The molecule has 2 aromatic rings. The minimum atomic E-state index is -0.142. The molecule has 1 fully saturated rings. The molecule has 1 unspecified atom stereocenters. The van der Waals surface area contributed by atoms with Crippen LogP contribution in [-0.2, 0) is 4.79 Å². The van der Waals surface area contributed by atoms with E-state index in [1.807, 2.05) is 12.1 Å². The van der Waals surface area contributed by atoms with Crippen LogP contribution in [0.4, 0.5) is 5.69 Å². The molecule has 0 saturated carbocycles. The second-order valence-corrected chi connectivity index (χ2v) is 6.12. The van der Waals surface area contributed by atoms with Gasteiger partial charge in [-0.15, -0.1) is 11.6 Å². The summed E-state index contributed by atoms with van der Waals surface area (Å²) in [7, 11) is 0. The number of rotatable bonds is 3. The van der Waals surface area contributed by atoms with Crippen molar-refractivity contribution in [3.05, 3.63) is 41.1 Å². The van der Waals surface area contributed by atoms with Gasteiger partial charge in [-0.05, 0) is 28.1 Å². The zero-order valence-corrected chi connectivity index (χ0v) is 13.2. The molecule has 1 amide bonds. The molecule has 0 radical (unpaired) electrons. The first-order valence-electron chi connectivity index (χ1n) is 6.32. The van der Waals surface area contributed by atoms with Crippen LogP contribution in [0.1, 0.15) is 6.42 Å². The maximum absolute atomic E-state index is 11.9. The van der Waals surface area contributed by atoms with E-state index in [9.17, 15) is 4.79 Å². The van der Waals surface area contributed by atoms with Gasteiger partial charge in [0.15, 0.2) is 0 Å². The summed E-state index contributed by atoms with van der Waals surface area (Å²) in [6.45, 7) is 0.513. The highest BCUT2D eigenvalue weighted by Crippen LogP contribution is 2.28. The van der Waals surface area contributed by atoms with Gasteiger partial charge in [0, 0.05) is 37.1 Å². The maximum atomic E-state index is 11.9. The number of carbonyl (C=O) groups excluding carboxylic acids is 1. The van der Waals surface area contributed by atoms with Crippen molar-refractivity contribution < 1.29 is 9.53 Å². The Kier molecular flexibility index (Phi) is 4.07. The summed E-state index contributed by atoms with van der Waals surface area (Å²) in [6, 6.07) is 7.48. The van der Waals surface area contributed by atoms with Gasteiger partial charge in [-0.1, -0.05) is 6.07 Å². The predicted octanol–water partition coefficient (Wildman–Crippen LogP) is 3.38. The van der Waals surface area contributed by atoms with E-state index in [1.54, 1.807) is 29.4 Å². The minimum Gasteiger partial charge on any atom is -0.424 e. The fourth-order valence-electron chi connectivity index (χ4n) is 2.09. The van der Waals surface area contributed by atoms with Crippen LogP contribution in [0.5, 0.6) is 11.8 Å². The van der Waals surface area contributed by atoms with Gasteiger partial charge >= 0.3 is 6.01 Å². The summed E-state index contributed by atoms with van der Waals surface area (Å²) in [4.78, 5) is 21.6. The van der Waals surface area contributed by atoms with Crippen molar-refractivity contribution in [2.45, 2.75) is 11.8 Å². The number of hydrogen-bond donors (Lipinski definition) is 0. The van der Waals surface area contributed by atoms with E-state index in [0.29, 0.717) is 18.7 Å². The summed E-state index contributed by atoms with van der Waals surface area (Å²) >= 11 is 9.28. The van der Waals surface area contributed by atoms with Crippen LogP contribution >= 0.6 is 27.5 Å². The molecule has 1 aromatic heterocycles. The second-order valence-electron chi connectivity index (χ2n) is 4.59. The standard InChI is InChI=1S/C14H11BrClN3O2/c15-9-6-17-14(18-7-9)21-12-3-1-2-11(5-12)19-8-10(16)4-13(19)20/h1-3,5-7,10H,4,8H2. The molecule has 2 heterocycles. The van der Waals surface area contributed by atoms with Crippen molar-refractivity contribution in [2.75, 3.05) is 11.4 Å². The Morgan fingerprint density at radius 1 is 1.33 bits per heavy atom. The van der Waals surface area contributed by atoms with Crippen LogP contribution in [0, 0.1) is 0 Å². The zero-order chi connectivity index (χ0) is 14.8. The Bertz CT molecular complexity index is 666. The fourth-order valence-corrected chi connectivity index (χ4v) is 2.56. The molecular formula is C14H11BrClN3O2. The number of anilines is 1. The molecule has 0 aliphatic carbocycles. The third kappa shape index (κ3) is 3.33. The Morgan fingerprint density at radius 3 is 2.76 bits per heavy atom. The third-order valence-electron chi connectivity index (χ3n) is 3.01. The summed E-state index contributed by atoms with van der Waals surface area (Å²) in [5.41, 5.74) is 0.762. The highest BCUT2D eigenvalue weighted by molar-refractivity contribution is 9.10. The van der Waals surface area contributed by atoms with Gasteiger partial charge in [-0.2, -0.15) is 0 Å². The van der Waals surface area contributed by atoms with Gasteiger partial charge in [-0.25, -0.2) is 9.97 Å². The largest absolute Gasteiger partial charge is 0.424 e. The number of ether oxygens (including phenoxy) is 1. The van der Waals surface area contributed by atoms with E-state index < -0.39 is 0 Å². The van der Waals surface area contributed by atoms with Crippen molar-refractivity contribution in [1.82, 2.24) is 9.97 Å². The van der Waals surface area contributed by atoms with Crippen molar-refractivity contribution in [3.8, 4) is 11.8 Å². The number of halogens is 2. The van der Waals surface area contributed by atoms with Crippen molar-refractivity contribution >= 4 is 39.1 Å². The van der Waals surface area contributed by atoms with Gasteiger partial charge in [0.25, 0.3) is 0 Å². The minimum absolute atomic E-state index is 0.0204. The van der Waals surface area contributed by atoms with Crippen LogP contribution in [0.15, 0.2) is 41.1 Å². The number of amides is 1. The highest BCUT2D eigenvalue weighted by Gasteiger charge is 2.29. The lowest BCUT2D eigenvalue weighted by Gasteiger charge is -2.16. The number of hydrogen-bond acceptors (Lipinski definition) is 4. The van der Waals surface area contributed by atoms with Crippen LogP contribution < -0.4 is 9.64 Å². The highest BCUT2D eigenvalue weighted by atomic mass is 79.9. The summed E-state index contributed by atoms with van der Waals surface area (Å²) < 4.78 is 6.36.